The van der Waals surface area contributed by atoms with Crippen LogP contribution in [0, 0.1) is 0 Å². The molecule has 120 valence electrons. The Bertz CT molecular complexity index is 934. The standard InChI is InChI=1S/C13H8ClN3O2.CHCl3/c14-11-10(6-3-7-15-11)17-12(18)8-4-1-2-5-9(8)16-13(17)19;2-1(3)4/h1-7H,(H,16,19);1H. The highest BCUT2D eigenvalue weighted by Crippen LogP contribution is 2.14. The van der Waals surface area contributed by atoms with E-state index in [4.69, 9.17) is 46.4 Å². The van der Waals surface area contributed by atoms with E-state index < -0.39 is 15.5 Å². The molecular weight excluding hydrogens is 384 g/mol. The predicted octanol–water partition coefficient (Wildman–Crippen LogP) is 3.71. The molecule has 0 saturated heterocycles. The summed E-state index contributed by atoms with van der Waals surface area (Å²) in [7, 11) is 0. The maximum atomic E-state index is 12.4. The highest BCUT2D eigenvalue weighted by atomic mass is 35.6. The summed E-state index contributed by atoms with van der Waals surface area (Å²) >= 11 is 20.3. The fraction of sp³-hybridized carbons (Fsp3) is 0.0714. The molecule has 0 atom stereocenters. The van der Waals surface area contributed by atoms with Crippen molar-refractivity contribution in [2.45, 2.75) is 4.30 Å². The van der Waals surface area contributed by atoms with Crippen LogP contribution in [0.4, 0.5) is 0 Å². The summed E-state index contributed by atoms with van der Waals surface area (Å²) in [4.78, 5) is 30.9. The monoisotopic (exact) mass is 391 g/mol. The summed E-state index contributed by atoms with van der Waals surface area (Å²) in [5.41, 5.74) is -0.206. The Morgan fingerprint density at radius 3 is 2.35 bits per heavy atom. The van der Waals surface area contributed by atoms with Gasteiger partial charge in [0.2, 0.25) is 0 Å². The molecule has 23 heavy (non-hydrogen) atoms. The van der Waals surface area contributed by atoms with Crippen molar-refractivity contribution in [1.29, 1.82) is 0 Å². The molecular formula is C14H9Cl4N3O2. The van der Waals surface area contributed by atoms with E-state index in [1.807, 2.05) is 0 Å². The van der Waals surface area contributed by atoms with E-state index in [0.29, 0.717) is 10.9 Å². The first-order valence-corrected chi connectivity index (χ1v) is 7.87. The molecule has 0 aliphatic heterocycles. The van der Waals surface area contributed by atoms with Gasteiger partial charge in [-0.25, -0.2) is 14.3 Å². The highest BCUT2D eigenvalue weighted by molar-refractivity contribution is 6.63. The van der Waals surface area contributed by atoms with Crippen molar-refractivity contribution in [2.75, 3.05) is 0 Å². The normalized spacial score (nSPS) is 10.5. The zero-order valence-electron chi connectivity index (χ0n) is 11.3. The van der Waals surface area contributed by atoms with Gasteiger partial charge in [0.25, 0.3) is 5.56 Å². The van der Waals surface area contributed by atoms with Crippen LogP contribution in [0.25, 0.3) is 16.6 Å². The second-order valence-electron chi connectivity index (χ2n) is 4.18. The van der Waals surface area contributed by atoms with E-state index in [1.54, 1.807) is 36.4 Å². The van der Waals surface area contributed by atoms with E-state index >= 15 is 0 Å². The number of benzene rings is 1. The first-order valence-electron chi connectivity index (χ1n) is 6.19. The summed E-state index contributed by atoms with van der Waals surface area (Å²) in [6.07, 6.45) is 1.49. The number of pyridine rings is 1. The second-order valence-corrected chi connectivity index (χ2v) is 6.51. The SMILES string of the molecule is ClC(Cl)Cl.O=c1[nH]c2ccccc2c(=O)n1-c1cccnc1Cl. The number of rotatable bonds is 1. The molecule has 2 aromatic heterocycles. The first kappa shape index (κ1) is 17.8. The molecule has 9 heteroatoms. The zero-order chi connectivity index (χ0) is 17.0. The molecule has 0 spiro atoms. The van der Waals surface area contributed by atoms with Gasteiger partial charge in [-0.3, -0.25) is 4.79 Å². The molecule has 2 heterocycles. The lowest BCUT2D eigenvalue weighted by Crippen LogP contribution is -2.33. The molecule has 3 rings (SSSR count). The van der Waals surface area contributed by atoms with Crippen LogP contribution in [0.2, 0.25) is 5.15 Å². The Balaban J connectivity index is 0.000000433. The van der Waals surface area contributed by atoms with Crippen LogP contribution in [-0.2, 0) is 0 Å². The number of alkyl halides is 3. The Morgan fingerprint density at radius 2 is 1.70 bits per heavy atom. The predicted molar refractivity (Wildman–Crippen MR) is 94.3 cm³/mol. The quantitative estimate of drug-likeness (QED) is 0.507. The summed E-state index contributed by atoms with van der Waals surface area (Å²) in [5.74, 6) is 0. The molecule has 1 aromatic carbocycles. The zero-order valence-corrected chi connectivity index (χ0v) is 14.4. The van der Waals surface area contributed by atoms with Crippen LogP contribution in [-0.4, -0.2) is 18.8 Å². The summed E-state index contributed by atoms with van der Waals surface area (Å²) < 4.78 is 0.234. The lowest BCUT2D eigenvalue weighted by atomic mass is 10.2. The Hall–Kier alpha value is -1.53. The maximum Gasteiger partial charge on any atom is 0.333 e. The van der Waals surface area contributed by atoms with Crippen molar-refractivity contribution in [3.05, 3.63) is 68.6 Å². The number of nitrogens with zero attached hydrogens (tertiary/aromatic N) is 2. The minimum absolute atomic E-state index is 0.102. The molecule has 0 unspecified atom stereocenters. The van der Waals surface area contributed by atoms with Crippen LogP contribution in [0.1, 0.15) is 0 Å². The topological polar surface area (TPSA) is 67.8 Å². The Morgan fingerprint density at radius 1 is 1.04 bits per heavy atom. The van der Waals surface area contributed by atoms with Crippen molar-refractivity contribution in [1.82, 2.24) is 14.5 Å². The maximum absolute atomic E-state index is 12.4. The molecule has 5 nitrogen and oxygen atoms in total. The van der Waals surface area contributed by atoms with Gasteiger partial charge in [0.1, 0.15) is 0 Å². The van der Waals surface area contributed by atoms with Crippen LogP contribution in [0.3, 0.4) is 0 Å². The van der Waals surface area contributed by atoms with E-state index in [-0.39, 0.29) is 10.8 Å². The molecule has 0 fully saturated rings. The number of halogens is 4. The third-order valence-corrected chi connectivity index (χ3v) is 3.08. The van der Waals surface area contributed by atoms with Crippen molar-refractivity contribution < 1.29 is 0 Å². The smallest absolute Gasteiger partial charge is 0.306 e. The molecule has 3 aromatic rings. The number of nitrogens with one attached hydrogen (secondary N) is 1. The summed E-state index contributed by atoms with van der Waals surface area (Å²) in [6.45, 7) is 0. The van der Waals surface area contributed by atoms with Crippen molar-refractivity contribution in [3.8, 4) is 5.69 Å². The number of para-hydroxylation sites is 1. The van der Waals surface area contributed by atoms with Gasteiger partial charge in [-0.2, -0.15) is 0 Å². The van der Waals surface area contributed by atoms with Crippen LogP contribution in [0.15, 0.2) is 52.2 Å². The Kier molecular flexibility index (Phi) is 6.07. The lowest BCUT2D eigenvalue weighted by Gasteiger charge is -2.07. The molecule has 1 N–H and O–H groups in total. The fourth-order valence-electron chi connectivity index (χ4n) is 1.93. The van der Waals surface area contributed by atoms with Crippen molar-refractivity contribution in [3.63, 3.8) is 0 Å². The summed E-state index contributed by atoms with van der Waals surface area (Å²) in [6, 6.07) is 9.99. The van der Waals surface area contributed by atoms with Crippen molar-refractivity contribution >= 4 is 57.3 Å². The third kappa shape index (κ3) is 4.26. The van der Waals surface area contributed by atoms with Gasteiger partial charge in [-0.05, 0) is 24.3 Å². The number of H-pyrrole nitrogens is 1. The molecule has 0 amide bonds. The average molecular weight is 393 g/mol. The van der Waals surface area contributed by atoms with Gasteiger partial charge in [0.15, 0.2) is 9.45 Å². The number of aromatic nitrogens is 3. The van der Waals surface area contributed by atoms with Gasteiger partial charge in [-0.15, -0.1) is 0 Å². The fourth-order valence-corrected chi connectivity index (χ4v) is 2.13. The molecule has 0 bridgehead atoms. The van der Waals surface area contributed by atoms with E-state index in [9.17, 15) is 9.59 Å². The van der Waals surface area contributed by atoms with E-state index in [1.165, 1.54) is 6.20 Å². The van der Waals surface area contributed by atoms with Gasteiger partial charge < -0.3 is 4.98 Å². The minimum atomic E-state index is -0.750. The Labute approximate surface area is 150 Å². The molecule has 0 aliphatic carbocycles. The van der Waals surface area contributed by atoms with Crippen molar-refractivity contribution in [2.24, 2.45) is 0 Å². The number of hydrogen-bond donors (Lipinski definition) is 1. The highest BCUT2D eigenvalue weighted by Gasteiger charge is 2.11. The largest absolute Gasteiger partial charge is 0.333 e. The van der Waals surface area contributed by atoms with Crippen LogP contribution in [0.5, 0.6) is 0 Å². The van der Waals surface area contributed by atoms with E-state index in [2.05, 4.69) is 9.97 Å². The van der Waals surface area contributed by atoms with Crippen LogP contribution >= 0.6 is 46.4 Å². The third-order valence-electron chi connectivity index (χ3n) is 2.79. The van der Waals surface area contributed by atoms with Crippen LogP contribution < -0.4 is 11.2 Å². The van der Waals surface area contributed by atoms with Gasteiger partial charge in [0.05, 0.1) is 16.6 Å². The molecule has 0 aliphatic rings. The molecule has 0 saturated carbocycles. The van der Waals surface area contributed by atoms with E-state index in [0.717, 1.165) is 4.57 Å². The number of aromatic amines is 1. The first-order chi connectivity index (χ1) is 10.9. The van der Waals surface area contributed by atoms with Gasteiger partial charge in [0, 0.05) is 6.20 Å². The minimum Gasteiger partial charge on any atom is -0.306 e. The van der Waals surface area contributed by atoms with Gasteiger partial charge in [-0.1, -0.05) is 58.5 Å². The number of fused-ring (bicyclic) bond motifs is 1. The average Bonchev–Trinajstić information content (AvgIpc) is 2.48. The number of hydrogen-bond acceptors (Lipinski definition) is 3. The second kappa shape index (κ2) is 7.84. The molecule has 0 radical (unpaired) electrons. The summed E-state index contributed by atoms with van der Waals surface area (Å²) in [5, 5.41) is 0.521. The lowest BCUT2D eigenvalue weighted by molar-refractivity contribution is 0.895. The van der Waals surface area contributed by atoms with Gasteiger partial charge >= 0.3 is 5.69 Å².